The van der Waals surface area contributed by atoms with Gasteiger partial charge in [-0.15, -0.1) is 0 Å². The maximum absolute atomic E-state index is 5.86. The van der Waals surface area contributed by atoms with Crippen molar-refractivity contribution in [3.8, 4) is 5.88 Å². The molecular weight excluding hydrogens is 264 g/mol. The molecule has 1 atom stereocenters. The summed E-state index contributed by atoms with van der Waals surface area (Å²) in [5, 5.41) is 4.58. The molecule has 0 fully saturated rings. The number of hydrogen-bond acceptors (Lipinski definition) is 4. The van der Waals surface area contributed by atoms with Crippen molar-refractivity contribution < 1.29 is 9.15 Å². The first-order valence-corrected chi connectivity index (χ1v) is 6.97. The van der Waals surface area contributed by atoms with Gasteiger partial charge < -0.3 is 14.5 Å². The van der Waals surface area contributed by atoms with Crippen molar-refractivity contribution in [3.63, 3.8) is 0 Å². The largest absolute Gasteiger partial charge is 0.481 e. The topological polar surface area (TPSA) is 47.3 Å². The van der Waals surface area contributed by atoms with Crippen LogP contribution in [0, 0.1) is 0 Å². The lowest BCUT2D eigenvalue weighted by Crippen LogP contribution is -2.17. The lowest BCUT2D eigenvalue weighted by molar-refractivity contribution is 0.396. The molecule has 2 aromatic heterocycles. The fourth-order valence-corrected chi connectivity index (χ4v) is 2.26. The van der Waals surface area contributed by atoms with Gasteiger partial charge in [-0.25, -0.2) is 4.98 Å². The van der Waals surface area contributed by atoms with Crippen LogP contribution in [0.5, 0.6) is 5.88 Å². The summed E-state index contributed by atoms with van der Waals surface area (Å²) in [6.45, 7) is 2.83. The maximum atomic E-state index is 5.86. The molecule has 1 aromatic carbocycles. The van der Waals surface area contributed by atoms with Gasteiger partial charge in [-0.05, 0) is 30.7 Å². The first-order chi connectivity index (χ1) is 10.3. The monoisotopic (exact) mass is 282 g/mol. The zero-order valence-electron chi connectivity index (χ0n) is 12.2. The molecule has 0 radical (unpaired) electrons. The molecule has 4 nitrogen and oxygen atoms in total. The molecule has 0 unspecified atom stereocenters. The van der Waals surface area contributed by atoms with Crippen LogP contribution < -0.4 is 10.1 Å². The molecule has 0 saturated heterocycles. The van der Waals surface area contributed by atoms with E-state index in [0.717, 1.165) is 28.8 Å². The van der Waals surface area contributed by atoms with Crippen LogP contribution in [-0.2, 0) is 6.54 Å². The fourth-order valence-electron chi connectivity index (χ4n) is 2.26. The highest BCUT2D eigenvalue weighted by Crippen LogP contribution is 2.23. The second kappa shape index (κ2) is 5.97. The number of fused-ring (bicyclic) bond motifs is 1. The van der Waals surface area contributed by atoms with Gasteiger partial charge in [0.1, 0.15) is 11.3 Å². The van der Waals surface area contributed by atoms with E-state index in [-0.39, 0.29) is 6.04 Å². The van der Waals surface area contributed by atoms with Gasteiger partial charge in [-0.1, -0.05) is 18.2 Å². The number of furan rings is 1. The standard InChI is InChI=1S/C17H18N2O2/c1-12(16-10-14-5-3-4-6-15(14)21-16)19-11-13-7-8-18-17(9-13)20-2/h3-10,12,19H,11H2,1-2H3/t12-/m0/s1. The molecule has 2 heterocycles. The minimum Gasteiger partial charge on any atom is -0.481 e. The molecule has 0 spiro atoms. The number of hydrogen-bond donors (Lipinski definition) is 1. The number of pyridine rings is 1. The highest BCUT2D eigenvalue weighted by Gasteiger charge is 2.11. The molecular formula is C17H18N2O2. The van der Waals surface area contributed by atoms with Gasteiger partial charge in [0.05, 0.1) is 13.2 Å². The lowest BCUT2D eigenvalue weighted by atomic mass is 10.2. The predicted molar refractivity (Wildman–Crippen MR) is 82.3 cm³/mol. The normalized spacial score (nSPS) is 12.5. The third-order valence-electron chi connectivity index (χ3n) is 3.49. The Kier molecular flexibility index (Phi) is 3.88. The number of para-hydroxylation sites is 1. The first kappa shape index (κ1) is 13.6. The molecule has 21 heavy (non-hydrogen) atoms. The van der Waals surface area contributed by atoms with E-state index in [4.69, 9.17) is 9.15 Å². The average molecular weight is 282 g/mol. The van der Waals surface area contributed by atoms with Crippen molar-refractivity contribution in [1.29, 1.82) is 0 Å². The zero-order chi connectivity index (χ0) is 14.7. The van der Waals surface area contributed by atoms with Gasteiger partial charge in [0.2, 0.25) is 5.88 Å². The van der Waals surface area contributed by atoms with Crippen molar-refractivity contribution in [2.45, 2.75) is 19.5 Å². The number of benzene rings is 1. The van der Waals surface area contributed by atoms with Gasteiger partial charge in [-0.3, -0.25) is 0 Å². The molecule has 4 heteroatoms. The van der Waals surface area contributed by atoms with Crippen LogP contribution in [0.25, 0.3) is 11.0 Å². The minimum absolute atomic E-state index is 0.136. The Balaban J connectivity index is 1.69. The summed E-state index contributed by atoms with van der Waals surface area (Å²) in [4.78, 5) is 4.10. The Bertz CT molecular complexity index is 703. The SMILES string of the molecule is COc1cc(CN[C@@H](C)c2cc3ccccc3o2)ccn1. The Morgan fingerprint density at radius 3 is 2.90 bits per heavy atom. The summed E-state index contributed by atoms with van der Waals surface area (Å²) in [6.07, 6.45) is 1.75. The van der Waals surface area contributed by atoms with Gasteiger partial charge in [0.25, 0.3) is 0 Å². The third kappa shape index (κ3) is 3.06. The van der Waals surface area contributed by atoms with Gasteiger partial charge in [0, 0.05) is 24.2 Å². The van der Waals surface area contributed by atoms with Crippen LogP contribution in [0.3, 0.4) is 0 Å². The molecule has 0 saturated carbocycles. The van der Waals surface area contributed by atoms with Gasteiger partial charge in [0.15, 0.2) is 0 Å². The average Bonchev–Trinajstić information content (AvgIpc) is 2.97. The quantitative estimate of drug-likeness (QED) is 0.775. The molecule has 0 bridgehead atoms. The van der Waals surface area contributed by atoms with E-state index in [1.165, 1.54) is 0 Å². The van der Waals surface area contributed by atoms with E-state index in [2.05, 4.69) is 29.4 Å². The van der Waals surface area contributed by atoms with Crippen LogP contribution in [-0.4, -0.2) is 12.1 Å². The van der Waals surface area contributed by atoms with E-state index >= 15 is 0 Å². The molecule has 0 amide bonds. The summed E-state index contributed by atoms with van der Waals surface area (Å²) in [6, 6.07) is 14.2. The van der Waals surface area contributed by atoms with Crippen LogP contribution >= 0.6 is 0 Å². The molecule has 3 aromatic rings. The molecule has 0 aliphatic carbocycles. The summed E-state index contributed by atoms with van der Waals surface area (Å²) < 4.78 is 11.0. The number of rotatable bonds is 5. The van der Waals surface area contributed by atoms with Gasteiger partial charge >= 0.3 is 0 Å². The number of methoxy groups -OCH3 is 1. The smallest absolute Gasteiger partial charge is 0.213 e. The number of aromatic nitrogens is 1. The summed E-state index contributed by atoms with van der Waals surface area (Å²) in [5.41, 5.74) is 2.05. The van der Waals surface area contributed by atoms with E-state index in [1.807, 2.05) is 30.3 Å². The minimum atomic E-state index is 0.136. The van der Waals surface area contributed by atoms with Crippen molar-refractivity contribution in [3.05, 3.63) is 60.0 Å². The molecule has 108 valence electrons. The van der Waals surface area contributed by atoms with Crippen molar-refractivity contribution in [2.24, 2.45) is 0 Å². The van der Waals surface area contributed by atoms with Crippen LogP contribution in [0.2, 0.25) is 0 Å². The number of nitrogens with one attached hydrogen (secondary N) is 1. The van der Waals surface area contributed by atoms with Crippen LogP contribution in [0.4, 0.5) is 0 Å². The van der Waals surface area contributed by atoms with Crippen molar-refractivity contribution in [2.75, 3.05) is 7.11 Å². The van der Waals surface area contributed by atoms with Crippen LogP contribution in [0.1, 0.15) is 24.3 Å². The van der Waals surface area contributed by atoms with E-state index in [0.29, 0.717) is 5.88 Å². The Morgan fingerprint density at radius 2 is 2.10 bits per heavy atom. The maximum Gasteiger partial charge on any atom is 0.213 e. The first-order valence-electron chi connectivity index (χ1n) is 6.97. The Morgan fingerprint density at radius 1 is 1.24 bits per heavy atom. The van der Waals surface area contributed by atoms with Crippen molar-refractivity contribution in [1.82, 2.24) is 10.3 Å². The van der Waals surface area contributed by atoms with Gasteiger partial charge in [-0.2, -0.15) is 0 Å². The predicted octanol–water partition coefficient (Wildman–Crippen LogP) is 3.69. The second-order valence-corrected chi connectivity index (χ2v) is 5.00. The highest BCUT2D eigenvalue weighted by atomic mass is 16.5. The summed E-state index contributed by atoms with van der Waals surface area (Å²) in [7, 11) is 1.62. The number of nitrogens with zero attached hydrogens (tertiary/aromatic N) is 1. The van der Waals surface area contributed by atoms with E-state index in [1.54, 1.807) is 13.3 Å². The highest BCUT2D eigenvalue weighted by molar-refractivity contribution is 5.77. The third-order valence-corrected chi connectivity index (χ3v) is 3.49. The molecule has 1 N–H and O–H groups in total. The second-order valence-electron chi connectivity index (χ2n) is 5.00. The molecule has 0 aliphatic heterocycles. The molecule has 3 rings (SSSR count). The number of ether oxygens (including phenoxy) is 1. The van der Waals surface area contributed by atoms with E-state index < -0.39 is 0 Å². The van der Waals surface area contributed by atoms with Crippen molar-refractivity contribution >= 4 is 11.0 Å². The fraction of sp³-hybridized carbons (Fsp3) is 0.235. The Hall–Kier alpha value is -2.33. The summed E-state index contributed by atoms with van der Waals surface area (Å²) >= 11 is 0. The molecule has 0 aliphatic rings. The lowest BCUT2D eigenvalue weighted by Gasteiger charge is -2.11. The Labute approximate surface area is 123 Å². The van der Waals surface area contributed by atoms with E-state index in [9.17, 15) is 0 Å². The summed E-state index contributed by atoms with van der Waals surface area (Å²) in [5.74, 6) is 1.57. The zero-order valence-corrected chi connectivity index (χ0v) is 12.2. The van der Waals surface area contributed by atoms with Crippen LogP contribution in [0.15, 0.2) is 53.1 Å².